The second-order valence-electron chi connectivity index (χ2n) is 3.30. The van der Waals surface area contributed by atoms with E-state index in [2.05, 4.69) is 11.3 Å². The molecule has 0 aromatic rings. The van der Waals surface area contributed by atoms with E-state index in [1.54, 1.807) is 7.11 Å². The quantitative estimate of drug-likeness (QED) is 0.339. The summed E-state index contributed by atoms with van der Waals surface area (Å²) in [5.74, 6) is 0. The molecular weight excluding hydrogens is 268 g/mol. The first-order valence-corrected chi connectivity index (χ1v) is 6.49. The second-order valence-corrected chi connectivity index (χ2v) is 3.30. The Labute approximate surface area is 121 Å². The minimum atomic E-state index is 0.0386. The molecule has 0 saturated carbocycles. The molecule has 0 saturated heterocycles. The Morgan fingerprint density at radius 2 is 0.950 bits per heavy atom. The van der Waals surface area contributed by atoms with Crippen molar-refractivity contribution in [3.8, 4) is 0 Å². The fourth-order valence-corrected chi connectivity index (χ4v) is 0.891. The molecule has 0 aromatic heterocycles. The molecule has 0 aliphatic carbocycles. The summed E-state index contributed by atoms with van der Waals surface area (Å²) in [6.07, 6.45) is 1.38. The number of rotatable bonds is 14. The highest BCUT2D eigenvalue weighted by Gasteiger charge is 1.91. The highest BCUT2D eigenvalue weighted by molar-refractivity contribution is 4.43. The lowest BCUT2D eigenvalue weighted by molar-refractivity contribution is -0.00856. The molecule has 2 N–H and O–H groups in total. The van der Waals surface area contributed by atoms with E-state index in [4.69, 9.17) is 29.2 Å². The average molecular weight is 296 g/mol. The van der Waals surface area contributed by atoms with Crippen LogP contribution in [0.1, 0.15) is 0 Å². The second kappa shape index (κ2) is 23.4. The van der Waals surface area contributed by atoms with Gasteiger partial charge in [0.25, 0.3) is 0 Å². The van der Waals surface area contributed by atoms with Crippen molar-refractivity contribution < 1.29 is 33.9 Å². The van der Waals surface area contributed by atoms with E-state index < -0.39 is 0 Å². The number of hydrogen-bond donors (Lipinski definition) is 2. The van der Waals surface area contributed by atoms with Crippen LogP contribution in [0.5, 0.6) is 0 Å². The summed E-state index contributed by atoms with van der Waals surface area (Å²) in [7, 11) is 1.56. The molecule has 0 aliphatic rings. The summed E-state index contributed by atoms with van der Waals surface area (Å²) in [6, 6.07) is 0. The predicted molar refractivity (Wildman–Crippen MR) is 74.7 cm³/mol. The summed E-state index contributed by atoms with van der Waals surface area (Å²) < 4.78 is 24.7. The van der Waals surface area contributed by atoms with E-state index in [0.29, 0.717) is 52.9 Å². The van der Waals surface area contributed by atoms with Gasteiger partial charge in [-0.2, -0.15) is 0 Å². The first-order valence-electron chi connectivity index (χ1n) is 6.49. The predicted octanol–water partition coefficient (Wildman–Crippen LogP) is -0.186. The average Bonchev–Trinajstić information content (AvgIpc) is 2.49. The van der Waals surface area contributed by atoms with Gasteiger partial charge in [-0.3, -0.25) is 0 Å². The maximum atomic E-state index is 8.41. The molecule has 20 heavy (non-hydrogen) atoms. The normalized spacial score (nSPS) is 9.75. The largest absolute Gasteiger partial charge is 0.505 e. The summed E-state index contributed by atoms with van der Waals surface area (Å²) >= 11 is 0. The zero-order chi connectivity index (χ0) is 15.3. The Balaban J connectivity index is 0. The summed E-state index contributed by atoms with van der Waals surface area (Å²) in [4.78, 5) is 0. The number of aliphatic hydroxyl groups is 2. The van der Waals surface area contributed by atoms with Crippen LogP contribution in [0, 0.1) is 0 Å². The monoisotopic (exact) mass is 296 g/mol. The van der Waals surface area contributed by atoms with E-state index in [1.165, 1.54) is 6.26 Å². The van der Waals surface area contributed by atoms with E-state index in [-0.39, 0.29) is 13.2 Å². The summed E-state index contributed by atoms with van der Waals surface area (Å²) in [5.41, 5.74) is 0. The lowest BCUT2D eigenvalue weighted by Crippen LogP contribution is -2.13. The van der Waals surface area contributed by atoms with Crippen molar-refractivity contribution in [1.82, 2.24) is 0 Å². The van der Waals surface area contributed by atoms with Crippen LogP contribution in [-0.2, 0) is 23.7 Å². The molecule has 0 spiro atoms. The van der Waals surface area contributed by atoms with Gasteiger partial charge in [0.15, 0.2) is 0 Å². The van der Waals surface area contributed by atoms with Gasteiger partial charge in [0, 0.05) is 0 Å². The Bertz CT molecular complexity index is 153. The standard InChI is InChI=1S/C10H22O6.C3H6O/c11-1-3-13-5-7-15-9-10-16-8-6-14-4-2-12;1-3-4-2/h11-12H,1-10H2;3H,1H2,2H3. The van der Waals surface area contributed by atoms with Gasteiger partial charge in [-0.05, 0) is 0 Å². The molecule has 0 bridgehead atoms. The van der Waals surface area contributed by atoms with Gasteiger partial charge < -0.3 is 33.9 Å². The number of ether oxygens (including phenoxy) is 5. The van der Waals surface area contributed by atoms with Gasteiger partial charge in [0.1, 0.15) is 0 Å². The molecule has 0 aromatic carbocycles. The van der Waals surface area contributed by atoms with Crippen molar-refractivity contribution in [2.24, 2.45) is 0 Å². The molecule has 0 rings (SSSR count). The Kier molecular flexibility index (Phi) is 25.3. The molecule has 0 fully saturated rings. The van der Waals surface area contributed by atoms with Gasteiger partial charge in [0.2, 0.25) is 0 Å². The Morgan fingerprint density at radius 3 is 1.15 bits per heavy atom. The topological polar surface area (TPSA) is 86.6 Å². The van der Waals surface area contributed by atoms with Gasteiger partial charge in [-0.1, -0.05) is 6.58 Å². The SMILES string of the molecule is C=COC.OCCOCCOCCOCCOCCO. The van der Waals surface area contributed by atoms with Crippen LogP contribution in [0.15, 0.2) is 12.8 Å². The highest BCUT2D eigenvalue weighted by Crippen LogP contribution is 1.82. The maximum Gasteiger partial charge on any atom is 0.0766 e. The third-order valence-corrected chi connectivity index (χ3v) is 1.75. The van der Waals surface area contributed by atoms with E-state index in [9.17, 15) is 0 Å². The molecular formula is C13H28O7. The van der Waals surface area contributed by atoms with Crippen LogP contribution in [0.3, 0.4) is 0 Å². The Morgan fingerprint density at radius 1 is 0.700 bits per heavy atom. The minimum Gasteiger partial charge on any atom is -0.505 e. The van der Waals surface area contributed by atoms with Crippen LogP contribution in [0.4, 0.5) is 0 Å². The van der Waals surface area contributed by atoms with Crippen LogP contribution < -0.4 is 0 Å². The lowest BCUT2D eigenvalue weighted by atomic mass is 10.7. The Hall–Kier alpha value is -0.700. The fraction of sp³-hybridized carbons (Fsp3) is 0.846. The molecule has 0 atom stereocenters. The lowest BCUT2D eigenvalue weighted by Gasteiger charge is -2.06. The molecule has 0 unspecified atom stereocenters. The smallest absolute Gasteiger partial charge is 0.0766 e. The van der Waals surface area contributed by atoms with E-state index in [0.717, 1.165) is 0 Å². The molecule has 122 valence electrons. The first kappa shape index (κ1) is 21.6. The molecule has 7 heteroatoms. The number of hydrogen-bond acceptors (Lipinski definition) is 7. The molecule has 0 heterocycles. The molecule has 0 radical (unpaired) electrons. The maximum absolute atomic E-state index is 8.41. The summed E-state index contributed by atoms with van der Waals surface area (Å²) in [5, 5.41) is 16.8. The van der Waals surface area contributed by atoms with Gasteiger partial charge >= 0.3 is 0 Å². The number of aliphatic hydroxyl groups excluding tert-OH is 2. The van der Waals surface area contributed by atoms with Crippen molar-refractivity contribution in [3.63, 3.8) is 0 Å². The van der Waals surface area contributed by atoms with Gasteiger partial charge in [-0.15, -0.1) is 0 Å². The van der Waals surface area contributed by atoms with Crippen LogP contribution in [-0.4, -0.2) is 83.4 Å². The molecule has 0 aliphatic heterocycles. The zero-order valence-corrected chi connectivity index (χ0v) is 12.3. The third-order valence-electron chi connectivity index (χ3n) is 1.75. The fourth-order valence-electron chi connectivity index (χ4n) is 0.891. The first-order chi connectivity index (χ1) is 9.83. The van der Waals surface area contributed by atoms with E-state index >= 15 is 0 Å². The molecule has 0 amide bonds. The van der Waals surface area contributed by atoms with Crippen molar-refractivity contribution >= 4 is 0 Å². The van der Waals surface area contributed by atoms with Crippen molar-refractivity contribution in [1.29, 1.82) is 0 Å². The van der Waals surface area contributed by atoms with Crippen molar-refractivity contribution in [3.05, 3.63) is 12.8 Å². The van der Waals surface area contributed by atoms with Gasteiger partial charge in [0.05, 0.1) is 79.4 Å². The highest BCUT2D eigenvalue weighted by atomic mass is 16.6. The zero-order valence-electron chi connectivity index (χ0n) is 12.3. The van der Waals surface area contributed by atoms with Gasteiger partial charge in [-0.25, -0.2) is 0 Å². The van der Waals surface area contributed by atoms with Crippen molar-refractivity contribution in [2.75, 3.05) is 73.2 Å². The van der Waals surface area contributed by atoms with Crippen LogP contribution >= 0.6 is 0 Å². The van der Waals surface area contributed by atoms with Crippen LogP contribution in [0.2, 0.25) is 0 Å². The minimum absolute atomic E-state index is 0.0386. The summed E-state index contributed by atoms with van der Waals surface area (Å²) in [6.45, 7) is 7.05. The third kappa shape index (κ3) is 26.0. The van der Waals surface area contributed by atoms with Crippen LogP contribution in [0.25, 0.3) is 0 Å². The number of methoxy groups -OCH3 is 1. The van der Waals surface area contributed by atoms with E-state index in [1.807, 2.05) is 0 Å². The molecule has 7 nitrogen and oxygen atoms in total. The van der Waals surface area contributed by atoms with Crippen molar-refractivity contribution in [2.45, 2.75) is 0 Å².